The molecular weight excluding hydrogens is 582 g/mol. The van der Waals surface area contributed by atoms with E-state index in [0.717, 1.165) is 22.3 Å². The van der Waals surface area contributed by atoms with Gasteiger partial charge in [-0.15, -0.1) is 5.06 Å². The zero-order valence-corrected chi connectivity index (χ0v) is 26.1. The molecule has 1 aliphatic carbocycles. The van der Waals surface area contributed by atoms with Gasteiger partial charge in [0.05, 0.1) is 6.42 Å². The Hall–Kier alpha value is -4.74. The number of benzene rings is 2. The number of esters is 1. The van der Waals surface area contributed by atoms with Crippen LogP contribution in [0.1, 0.15) is 77.3 Å². The first-order valence-corrected chi connectivity index (χ1v) is 15.0. The summed E-state index contributed by atoms with van der Waals surface area (Å²) in [6.45, 7) is 8.45. The summed E-state index contributed by atoms with van der Waals surface area (Å²) in [5.41, 5.74) is 3.35. The average molecular weight is 622 g/mol. The predicted molar refractivity (Wildman–Crippen MR) is 161 cm³/mol. The number of nitrogens with zero attached hydrogens (tertiary/aromatic N) is 1. The highest BCUT2D eigenvalue weighted by Gasteiger charge is 2.35. The van der Waals surface area contributed by atoms with Crippen LogP contribution in [-0.2, 0) is 38.3 Å². The molecule has 2 aromatic rings. The largest absolute Gasteiger partial charge is 0.458 e. The minimum Gasteiger partial charge on any atom is -0.458 e. The number of rotatable bonds is 11. The third-order valence-electron chi connectivity index (χ3n) is 7.41. The Morgan fingerprint density at radius 1 is 0.889 bits per heavy atom. The maximum absolute atomic E-state index is 13.4. The molecule has 0 spiro atoms. The van der Waals surface area contributed by atoms with Crippen LogP contribution in [0.3, 0.4) is 0 Å². The lowest BCUT2D eigenvalue weighted by Gasteiger charge is -2.27. The molecule has 1 saturated heterocycles. The molecule has 0 radical (unpaired) electrons. The molecule has 2 aliphatic rings. The van der Waals surface area contributed by atoms with Crippen molar-refractivity contribution in [2.24, 2.45) is 5.92 Å². The number of imide groups is 1. The first-order valence-electron chi connectivity index (χ1n) is 15.0. The molecule has 2 aromatic carbocycles. The van der Waals surface area contributed by atoms with Crippen molar-refractivity contribution < 1.29 is 43.1 Å². The maximum atomic E-state index is 13.4. The lowest BCUT2D eigenvalue weighted by Crippen LogP contribution is -2.54. The molecule has 0 aromatic heterocycles. The van der Waals surface area contributed by atoms with Gasteiger partial charge in [0.15, 0.2) is 0 Å². The third-order valence-corrected chi connectivity index (χ3v) is 7.41. The van der Waals surface area contributed by atoms with Gasteiger partial charge < -0.3 is 24.9 Å². The van der Waals surface area contributed by atoms with Crippen LogP contribution in [0.25, 0.3) is 11.1 Å². The molecule has 0 bridgehead atoms. The predicted octanol–water partition coefficient (Wildman–Crippen LogP) is 3.76. The number of nitrogens with one attached hydrogen (secondary N) is 2. The van der Waals surface area contributed by atoms with Gasteiger partial charge in [-0.3, -0.25) is 14.4 Å². The summed E-state index contributed by atoms with van der Waals surface area (Å²) >= 11 is 0. The molecule has 2 N–H and O–H groups in total. The molecule has 12 nitrogen and oxygen atoms in total. The van der Waals surface area contributed by atoms with Gasteiger partial charge in [-0.05, 0) is 55.4 Å². The van der Waals surface area contributed by atoms with Gasteiger partial charge in [0, 0.05) is 18.8 Å². The van der Waals surface area contributed by atoms with Crippen molar-refractivity contribution in [2.45, 2.75) is 83.9 Å². The van der Waals surface area contributed by atoms with Crippen LogP contribution in [0.15, 0.2) is 48.5 Å². The molecule has 0 unspecified atom stereocenters. The number of hydrogen-bond donors (Lipinski definition) is 2. The fourth-order valence-electron chi connectivity index (χ4n) is 5.25. The molecule has 1 heterocycles. The number of carbonyl (C=O) groups is 6. The lowest BCUT2D eigenvalue weighted by atomic mass is 9.98. The van der Waals surface area contributed by atoms with Crippen LogP contribution >= 0.6 is 0 Å². The van der Waals surface area contributed by atoms with E-state index in [4.69, 9.17) is 14.3 Å². The van der Waals surface area contributed by atoms with Crippen molar-refractivity contribution in [3.8, 4) is 11.1 Å². The van der Waals surface area contributed by atoms with Crippen LogP contribution in [-0.4, -0.2) is 65.1 Å². The van der Waals surface area contributed by atoms with Crippen LogP contribution in [0.2, 0.25) is 0 Å². The van der Waals surface area contributed by atoms with Gasteiger partial charge in [-0.1, -0.05) is 62.4 Å². The van der Waals surface area contributed by atoms with E-state index in [0.29, 0.717) is 5.06 Å². The Morgan fingerprint density at radius 2 is 1.44 bits per heavy atom. The Balaban J connectivity index is 1.39. The van der Waals surface area contributed by atoms with Crippen LogP contribution in [0.5, 0.6) is 0 Å². The Bertz CT molecular complexity index is 1420. The number of hydrogen-bond acceptors (Lipinski definition) is 9. The molecule has 1 aliphatic heterocycles. The van der Waals surface area contributed by atoms with Crippen molar-refractivity contribution in [1.29, 1.82) is 0 Å². The molecule has 4 rings (SSSR count). The highest BCUT2D eigenvalue weighted by Crippen LogP contribution is 2.44. The van der Waals surface area contributed by atoms with E-state index < -0.39 is 65.8 Å². The Kier molecular flexibility index (Phi) is 10.3. The van der Waals surface area contributed by atoms with Crippen molar-refractivity contribution >= 4 is 35.8 Å². The topological polar surface area (TPSA) is 157 Å². The molecule has 2 atom stereocenters. The number of hydroxylamine groups is 2. The average Bonchev–Trinajstić information content (AvgIpc) is 3.47. The van der Waals surface area contributed by atoms with E-state index in [9.17, 15) is 28.8 Å². The van der Waals surface area contributed by atoms with Crippen LogP contribution < -0.4 is 10.6 Å². The molecule has 12 heteroatoms. The Morgan fingerprint density at radius 3 is 1.98 bits per heavy atom. The van der Waals surface area contributed by atoms with Gasteiger partial charge in [0.1, 0.15) is 24.3 Å². The van der Waals surface area contributed by atoms with E-state index in [1.807, 2.05) is 48.5 Å². The van der Waals surface area contributed by atoms with E-state index in [1.54, 1.807) is 34.6 Å². The van der Waals surface area contributed by atoms with Gasteiger partial charge in [-0.25, -0.2) is 14.4 Å². The van der Waals surface area contributed by atoms with Crippen LogP contribution in [0, 0.1) is 5.92 Å². The minimum atomic E-state index is -1.29. The molecule has 1 fully saturated rings. The fourth-order valence-corrected chi connectivity index (χ4v) is 5.25. The second-order valence-electron chi connectivity index (χ2n) is 12.4. The molecular formula is C33H39N3O9. The van der Waals surface area contributed by atoms with E-state index >= 15 is 0 Å². The molecule has 45 heavy (non-hydrogen) atoms. The van der Waals surface area contributed by atoms with Crippen molar-refractivity contribution in [3.05, 3.63) is 59.7 Å². The van der Waals surface area contributed by atoms with Gasteiger partial charge in [0.25, 0.3) is 11.8 Å². The van der Waals surface area contributed by atoms with E-state index in [2.05, 4.69) is 10.6 Å². The zero-order valence-electron chi connectivity index (χ0n) is 26.1. The van der Waals surface area contributed by atoms with Crippen molar-refractivity contribution in [3.63, 3.8) is 0 Å². The minimum absolute atomic E-state index is 0.0525. The van der Waals surface area contributed by atoms with E-state index in [1.165, 1.54) is 0 Å². The summed E-state index contributed by atoms with van der Waals surface area (Å²) < 4.78 is 11.0. The van der Waals surface area contributed by atoms with Gasteiger partial charge >= 0.3 is 18.0 Å². The number of alkyl carbamates (subject to hydrolysis) is 1. The number of amides is 4. The number of carbonyl (C=O) groups excluding carboxylic acids is 6. The first-order chi connectivity index (χ1) is 21.2. The second-order valence-corrected chi connectivity index (χ2v) is 12.4. The molecule has 0 saturated carbocycles. The lowest BCUT2D eigenvalue weighted by molar-refractivity contribution is -0.197. The quantitative estimate of drug-likeness (QED) is 0.282. The standard InChI is InChI=1S/C33H39N3O9/c1-19(2)29(35-32(42)43-18-24-22-12-8-6-10-20(22)21-11-7-9-13-23(21)24)30(40)34-25(31(41)44-33(3,4)5)14-17-28(39)45-36-26(37)15-16-27(36)38/h6-13,19,24-25,29H,14-18H2,1-5H3,(H,34,40)(H,35,42)/t25-,29-/m0/s1. The zero-order chi connectivity index (χ0) is 32.9. The van der Waals surface area contributed by atoms with Gasteiger partial charge in [0.2, 0.25) is 5.91 Å². The van der Waals surface area contributed by atoms with Gasteiger partial charge in [-0.2, -0.15) is 0 Å². The summed E-state index contributed by atoms with van der Waals surface area (Å²) in [6, 6.07) is 13.5. The smallest absolute Gasteiger partial charge is 0.407 e. The third kappa shape index (κ3) is 8.25. The highest BCUT2D eigenvalue weighted by molar-refractivity contribution is 6.01. The summed E-state index contributed by atoms with van der Waals surface area (Å²) in [5.74, 6) is -4.26. The monoisotopic (exact) mass is 621 g/mol. The van der Waals surface area contributed by atoms with Crippen LogP contribution in [0.4, 0.5) is 4.79 Å². The Labute approximate surface area is 261 Å². The second kappa shape index (κ2) is 13.9. The normalized spacial score (nSPS) is 15.6. The number of fused-ring (bicyclic) bond motifs is 3. The summed E-state index contributed by atoms with van der Waals surface area (Å²) in [5, 5.41) is 5.60. The summed E-state index contributed by atoms with van der Waals surface area (Å²) in [6.07, 6.45) is -1.58. The summed E-state index contributed by atoms with van der Waals surface area (Å²) in [7, 11) is 0. The fraction of sp³-hybridized carbons (Fsp3) is 0.455. The van der Waals surface area contributed by atoms with Crippen molar-refractivity contribution in [1.82, 2.24) is 15.7 Å². The first kappa shape index (κ1) is 33.2. The summed E-state index contributed by atoms with van der Waals surface area (Å²) in [4.78, 5) is 80.2. The van der Waals surface area contributed by atoms with E-state index in [-0.39, 0.29) is 31.8 Å². The molecule has 240 valence electrons. The SMILES string of the molecule is CC(C)[C@H](NC(=O)OCC1c2ccccc2-c2ccccc21)C(=O)N[C@@H](CCC(=O)ON1C(=O)CCC1=O)C(=O)OC(C)(C)C. The molecule has 4 amide bonds. The highest BCUT2D eigenvalue weighted by atomic mass is 16.7. The van der Waals surface area contributed by atoms with Crippen molar-refractivity contribution in [2.75, 3.05) is 6.61 Å². The number of ether oxygens (including phenoxy) is 2. The maximum Gasteiger partial charge on any atom is 0.407 e.